The molecule has 0 unspecified atom stereocenters. The van der Waals surface area contributed by atoms with Crippen LogP contribution < -0.4 is 0 Å². The standard InChI is InChI=1S/C19H17ClN2O3/c1-11-7-12(2)17(13(3)8-11)16-9-14(25-22-16)10-24-19(23)15-5-4-6-21-18(15)20/h4-9H,10H2,1-3H3. The summed E-state index contributed by atoms with van der Waals surface area (Å²) >= 11 is 5.88. The Morgan fingerprint density at radius 2 is 1.92 bits per heavy atom. The van der Waals surface area contributed by atoms with Crippen LogP contribution in [-0.2, 0) is 11.3 Å². The van der Waals surface area contributed by atoms with Crippen molar-refractivity contribution in [2.75, 3.05) is 0 Å². The lowest BCUT2D eigenvalue weighted by Crippen LogP contribution is -2.06. The van der Waals surface area contributed by atoms with Crippen molar-refractivity contribution in [2.45, 2.75) is 27.4 Å². The van der Waals surface area contributed by atoms with E-state index in [2.05, 4.69) is 29.2 Å². The summed E-state index contributed by atoms with van der Waals surface area (Å²) in [6.07, 6.45) is 1.51. The molecule has 0 aliphatic heterocycles. The average Bonchev–Trinajstić information content (AvgIpc) is 3.00. The minimum atomic E-state index is -0.557. The van der Waals surface area contributed by atoms with Crippen molar-refractivity contribution < 1.29 is 14.1 Å². The van der Waals surface area contributed by atoms with Gasteiger partial charge in [0.15, 0.2) is 12.4 Å². The van der Waals surface area contributed by atoms with Crippen LogP contribution in [0, 0.1) is 20.8 Å². The van der Waals surface area contributed by atoms with Crippen molar-refractivity contribution >= 4 is 17.6 Å². The number of pyridine rings is 1. The lowest BCUT2D eigenvalue weighted by molar-refractivity contribution is 0.0437. The van der Waals surface area contributed by atoms with Crippen molar-refractivity contribution in [2.24, 2.45) is 0 Å². The normalized spacial score (nSPS) is 10.7. The van der Waals surface area contributed by atoms with E-state index in [1.807, 2.05) is 13.8 Å². The second-order valence-corrected chi connectivity index (χ2v) is 6.23. The second-order valence-electron chi connectivity index (χ2n) is 5.87. The molecule has 0 atom stereocenters. The fourth-order valence-electron chi connectivity index (χ4n) is 2.84. The average molecular weight is 357 g/mol. The van der Waals surface area contributed by atoms with Gasteiger partial charge in [-0.1, -0.05) is 34.5 Å². The molecule has 3 rings (SSSR count). The molecule has 0 aliphatic rings. The Morgan fingerprint density at radius 1 is 1.20 bits per heavy atom. The summed E-state index contributed by atoms with van der Waals surface area (Å²) in [5.41, 5.74) is 5.41. The molecule has 0 aliphatic carbocycles. The fourth-order valence-corrected chi connectivity index (χ4v) is 3.03. The minimum Gasteiger partial charge on any atom is -0.454 e. The molecule has 0 saturated heterocycles. The monoisotopic (exact) mass is 356 g/mol. The summed E-state index contributed by atoms with van der Waals surface area (Å²) in [7, 11) is 0. The van der Waals surface area contributed by atoms with Gasteiger partial charge in [-0.3, -0.25) is 0 Å². The molecule has 0 N–H and O–H groups in total. The summed E-state index contributed by atoms with van der Waals surface area (Å²) in [5, 5.41) is 4.21. The first-order valence-electron chi connectivity index (χ1n) is 7.77. The van der Waals surface area contributed by atoms with Crippen molar-refractivity contribution in [3.05, 3.63) is 69.7 Å². The van der Waals surface area contributed by atoms with Crippen molar-refractivity contribution in [3.63, 3.8) is 0 Å². The van der Waals surface area contributed by atoms with Crippen LogP contribution in [0.2, 0.25) is 5.15 Å². The maximum Gasteiger partial charge on any atom is 0.341 e. The van der Waals surface area contributed by atoms with Crippen LogP contribution in [0.5, 0.6) is 0 Å². The number of carbonyl (C=O) groups excluding carboxylic acids is 1. The number of hydrogen-bond acceptors (Lipinski definition) is 5. The Kier molecular flexibility index (Phi) is 4.86. The third kappa shape index (κ3) is 3.72. The highest BCUT2D eigenvalue weighted by atomic mass is 35.5. The molecular formula is C19H17ClN2O3. The number of esters is 1. The van der Waals surface area contributed by atoms with Crippen LogP contribution in [0.25, 0.3) is 11.3 Å². The molecule has 5 nitrogen and oxygen atoms in total. The molecule has 128 valence electrons. The predicted octanol–water partition coefficient (Wildman–Crippen LogP) is 4.67. The molecule has 0 bridgehead atoms. The number of benzene rings is 1. The number of hydrogen-bond donors (Lipinski definition) is 0. The van der Waals surface area contributed by atoms with Crippen molar-refractivity contribution in [1.82, 2.24) is 10.1 Å². The van der Waals surface area contributed by atoms with E-state index < -0.39 is 5.97 Å². The van der Waals surface area contributed by atoms with Crippen LogP contribution in [0.4, 0.5) is 0 Å². The van der Waals surface area contributed by atoms with Crippen molar-refractivity contribution in [3.8, 4) is 11.3 Å². The summed E-state index contributed by atoms with van der Waals surface area (Å²) < 4.78 is 10.5. The Morgan fingerprint density at radius 3 is 2.60 bits per heavy atom. The van der Waals surface area contributed by atoms with Gasteiger partial charge in [-0.25, -0.2) is 9.78 Å². The van der Waals surface area contributed by atoms with E-state index >= 15 is 0 Å². The Balaban J connectivity index is 1.75. The Hall–Kier alpha value is -2.66. The van der Waals surface area contributed by atoms with Gasteiger partial charge < -0.3 is 9.26 Å². The lowest BCUT2D eigenvalue weighted by atomic mass is 9.97. The number of halogens is 1. The van der Waals surface area contributed by atoms with E-state index in [4.69, 9.17) is 20.9 Å². The second kappa shape index (κ2) is 7.07. The first kappa shape index (κ1) is 17.2. The molecule has 3 aromatic rings. The third-order valence-corrected chi connectivity index (χ3v) is 4.12. The first-order valence-corrected chi connectivity index (χ1v) is 8.15. The van der Waals surface area contributed by atoms with Crippen molar-refractivity contribution in [1.29, 1.82) is 0 Å². The largest absolute Gasteiger partial charge is 0.454 e. The molecule has 1 aromatic carbocycles. The quantitative estimate of drug-likeness (QED) is 0.502. The van der Waals surface area contributed by atoms with Crippen LogP contribution in [0.15, 0.2) is 41.1 Å². The van der Waals surface area contributed by atoms with Gasteiger partial charge in [0.25, 0.3) is 0 Å². The lowest BCUT2D eigenvalue weighted by Gasteiger charge is -2.07. The first-order chi connectivity index (χ1) is 12.0. The molecule has 0 saturated carbocycles. The SMILES string of the molecule is Cc1cc(C)c(-c2cc(COC(=O)c3cccnc3Cl)on2)c(C)c1. The van der Waals surface area contributed by atoms with Gasteiger partial charge in [-0.15, -0.1) is 0 Å². The maximum atomic E-state index is 12.1. The van der Waals surface area contributed by atoms with E-state index in [0.29, 0.717) is 5.76 Å². The van der Waals surface area contributed by atoms with Gasteiger partial charge >= 0.3 is 5.97 Å². The van der Waals surface area contributed by atoms with E-state index in [0.717, 1.165) is 22.4 Å². The highest BCUT2D eigenvalue weighted by Crippen LogP contribution is 2.28. The summed E-state index contributed by atoms with van der Waals surface area (Å²) in [5.74, 6) is -0.0958. The number of aryl methyl sites for hydroxylation is 3. The van der Waals surface area contributed by atoms with E-state index in [1.165, 1.54) is 11.8 Å². The zero-order chi connectivity index (χ0) is 18.0. The van der Waals surface area contributed by atoms with Gasteiger partial charge in [0.2, 0.25) is 0 Å². The fraction of sp³-hybridized carbons (Fsp3) is 0.211. The van der Waals surface area contributed by atoms with E-state index in [-0.39, 0.29) is 17.3 Å². The molecular weight excluding hydrogens is 340 g/mol. The van der Waals surface area contributed by atoms with E-state index in [9.17, 15) is 4.79 Å². The van der Waals surface area contributed by atoms with Crippen LogP contribution in [0.3, 0.4) is 0 Å². The molecule has 0 amide bonds. The Bertz CT molecular complexity index is 911. The number of nitrogens with zero attached hydrogens (tertiary/aromatic N) is 2. The molecule has 2 heterocycles. The minimum absolute atomic E-state index is 0.0268. The number of ether oxygens (including phenoxy) is 1. The Labute approximate surface area is 150 Å². The van der Waals surface area contributed by atoms with Gasteiger partial charge in [-0.05, 0) is 44.0 Å². The number of aromatic nitrogens is 2. The summed E-state index contributed by atoms with van der Waals surface area (Å²) in [6.45, 7) is 6.10. The summed E-state index contributed by atoms with van der Waals surface area (Å²) in [4.78, 5) is 15.9. The van der Waals surface area contributed by atoms with Crippen LogP contribution in [-0.4, -0.2) is 16.1 Å². The maximum absolute atomic E-state index is 12.1. The smallest absolute Gasteiger partial charge is 0.341 e. The van der Waals surface area contributed by atoms with Gasteiger partial charge in [-0.2, -0.15) is 0 Å². The number of carbonyl (C=O) groups is 1. The molecule has 6 heteroatoms. The van der Waals surface area contributed by atoms with Crippen LogP contribution in [0.1, 0.15) is 32.8 Å². The molecule has 0 radical (unpaired) electrons. The van der Waals surface area contributed by atoms with Gasteiger partial charge in [0, 0.05) is 17.8 Å². The van der Waals surface area contributed by atoms with Gasteiger partial charge in [0.05, 0.1) is 5.56 Å². The zero-order valence-corrected chi connectivity index (χ0v) is 14.9. The highest BCUT2D eigenvalue weighted by Gasteiger charge is 2.16. The molecule has 25 heavy (non-hydrogen) atoms. The third-order valence-electron chi connectivity index (χ3n) is 3.82. The summed E-state index contributed by atoms with van der Waals surface area (Å²) in [6, 6.07) is 9.16. The van der Waals surface area contributed by atoms with Crippen LogP contribution >= 0.6 is 11.6 Å². The van der Waals surface area contributed by atoms with Gasteiger partial charge in [0.1, 0.15) is 10.8 Å². The molecule has 0 fully saturated rings. The highest BCUT2D eigenvalue weighted by molar-refractivity contribution is 6.32. The number of rotatable bonds is 4. The topological polar surface area (TPSA) is 65.2 Å². The predicted molar refractivity (Wildman–Crippen MR) is 94.5 cm³/mol. The van der Waals surface area contributed by atoms with E-state index in [1.54, 1.807) is 18.2 Å². The molecule has 0 spiro atoms. The zero-order valence-electron chi connectivity index (χ0n) is 14.2. The molecule has 2 aromatic heterocycles.